The van der Waals surface area contributed by atoms with Gasteiger partial charge >= 0.3 is 0 Å². The Hall–Kier alpha value is -0.820. The summed E-state index contributed by atoms with van der Waals surface area (Å²) in [5.41, 5.74) is 5.91. The normalized spacial score (nSPS) is 18.0. The molecule has 3 N–H and O–H groups in total. The number of nitrogens with two attached hydrogens (primary N) is 1. The molecular formula is C14H22ClN3O2S. The van der Waals surface area contributed by atoms with E-state index in [9.17, 15) is 8.42 Å². The minimum Gasteiger partial charge on any atom is -0.397 e. The van der Waals surface area contributed by atoms with E-state index in [1.807, 2.05) is 0 Å². The van der Waals surface area contributed by atoms with Gasteiger partial charge in [0.15, 0.2) is 0 Å². The van der Waals surface area contributed by atoms with Crippen molar-refractivity contribution >= 4 is 27.3 Å². The Labute approximate surface area is 131 Å². The van der Waals surface area contributed by atoms with E-state index >= 15 is 0 Å². The number of nitrogens with zero attached hydrogens (tertiary/aromatic N) is 1. The van der Waals surface area contributed by atoms with Crippen LogP contribution in [0.5, 0.6) is 0 Å². The van der Waals surface area contributed by atoms with Crippen molar-refractivity contribution < 1.29 is 8.42 Å². The van der Waals surface area contributed by atoms with Crippen LogP contribution >= 0.6 is 11.6 Å². The SMILES string of the molecule is CC1CCN(CCNS(=O)(=O)c2ccc(Cl)c(N)c2)CC1. The number of likely N-dealkylation sites (tertiary alicyclic amines) is 1. The molecule has 1 aliphatic rings. The number of rotatable bonds is 5. The molecule has 0 spiro atoms. The predicted molar refractivity (Wildman–Crippen MR) is 85.9 cm³/mol. The van der Waals surface area contributed by atoms with E-state index in [0.29, 0.717) is 11.6 Å². The van der Waals surface area contributed by atoms with Crippen molar-refractivity contribution in [3.05, 3.63) is 23.2 Å². The van der Waals surface area contributed by atoms with Gasteiger partial charge in [-0.15, -0.1) is 0 Å². The maximum atomic E-state index is 12.2. The smallest absolute Gasteiger partial charge is 0.240 e. The number of benzene rings is 1. The number of nitrogen functional groups attached to an aromatic ring is 1. The second-order valence-corrected chi connectivity index (χ2v) is 7.78. The first kappa shape index (κ1) is 16.5. The van der Waals surface area contributed by atoms with Crippen molar-refractivity contribution in [2.75, 3.05) is 31.9 Å². The molecule has 0 aliphatic carbocycles. The number of sulfonamides is 1. The number of piperidine rings is 1. The number of anilines is 1. The Morgan fingerprint density at radius 3 is 2.67 bits per heavy atom. The van der Waals surface area contributed by atoms with Crippen LogP contribution in [0.1, 0.15) is 19.8 Å². The Balaban J connectivity index is 1.88. The largest absolute Gasteiger partial charge is 0.397 e. The number of hydrogen-bond acceptors (Lipinski definition) is 4. The molecule has 0 unspecified atom stereocenters. The van der Waals surface area contributed by atoms with Gasteiger partial charge in [-0.2, -0.15) is 0 Å². The monoisotopic (exact) mass is 331 g/mol. The van der Waals surface area contributed by atoms with E-state index < -0.39 is 10.0 Å². The van der Waals surface area contributed by atoms with E-state index in [1.54, 1.807) is 0 Å². The molecule has 1 aromatic rings. The van der Waals surface area contributed by atoms with Gasteiger partial charge in [0.2, 0.25) is 10.0 Å². The molecule has 21 heavy (non-hydrogen) atoms. The Bertz CT molecular complexity index is 584. The lowest BCUT2D eigenvalue weighted by molar-refractivity contribution is 0.195. The quantitative estimate of drug-likeness (QED) is 0.808. The summed E-state index contributed by atoms with van der Waals surface area (Å²) in [6.45, 7) is 5.47. The third-order valence-electron chi connectivity index (χ3n) is 3.87. The molecule has 1 aromatic carbocycles. The molecule has 0 aromatic heterocycles. The van der Waals surface area contributed by atoms with Gasteiger partial charge in [0.1, 0.15) is 0 Å². The summed E-state index contributed by atoms with van der Waals surface area (Å²) in [6, 6.07) is 4.34. The lowest BCUT2D eigenvalue weighted by atomic mass is 9.99. The van der Waals surface area contributed by atoms with E-state index in [2.05, 4.69) is 16.5 Å². The lowest BCUT2D eigenvalue weighted by Gasteiger charge is -2.30. The molecule has 2 rings (SSSR count). The van der Waals surface area contributed by atoms with Crippen LogP contribution in [0.2, 0.25) is 5.02 Å². The van der Waals surface area contributed by atoms with Gasteiger partial charge in [-0.05, 0) is 50.0 Å². The van der Waals surface area contributed by atoms with Gasteiger partial charge in [0.05, 0.1) is 15.6 Å². The van der Waals surface area contributed by atoms with Crippen LogP contribution in [-0.2, 0) is 10.0 Å². The molecule has 5 nitrogen and oxygen atoms in total. The average molecular weight is 332 g/mol. The topological polar surface area (TPSA) is 75.4 Å². The first-order valence-electron chi connectivity index (χ1n) is 7.15. The van der Waals surface area contributed by atoms with E-state index in [1.165, 1.54) is 31.0 Å². The van der Waals surface area contributed by atoms with Crippen molar-refractivity contribution in [1.82, 2.24) is 9.62 Å². The third-order valence-corrected chi connectivity index (χ3v) is 5.68. The fourth-order valence-electron chi connectivity index (χ4n) is 2.40. The van der Waals surface area contributed by atoms with Gasteiger partial charge in [-0.25, -0.2) is 13.1 Å². The maximum Gasteiger partial charge on any atom is 0.240 e. The standard InChI is InChI=1S/C14H22ClN3O2S/c1-11-4-7-18(8-5-11)9-6-17-21(19,20)12-2-3-13(15)14(16)10-12/h2-3,10-11,17H,4-9,16H2,1H3. The summed E-state index contributed by atoms with van der Waals surface area (Å²) in [7, 11) is -3.53. The minimum atomic E-state index is -3.53. The molecule has 1 saturated heterocycles. The van der Waals surface area contributed by atoms with Crippen LogP contribution in [0, 0.1) is 5.92 Å². The second kappa shape index (κ2) is 6.96. The zero-order valence-corrected chi connectivity index (χ0v) is 13.8. The molecule has 0 bridgehead atoms. The Kier molecular flexibility index (Phi) is 5.48. The van der Waals surface area contributed by atoms with Crippen molar-refractivity contribution in [1.29, 1.82) is 0 Å². The van der Waals surface area contributed by atoms with Gasteiger partial charge < -0.3 is 10.6 Å². The summed E-state index contributed by atoms with van der Waals surface area (Å²) in [5.74, 6) is 0.773. The zero-order valence-electron chi connectivity index (χ0n) is 12.2. The molecule has 1 fully saturated rings. The zero-order chi connectivity index (χ0) is 15.5. The fraction of sp³-hybridized carbons (Fsp3) is 0.571. The molecular weight excluding hydrogens is 310 g/mol. The maximum absolute atomic E-state index is 12.2. The van der Waals surface area contributed by atoms with Gasteiger partial charge in [-0.3, -0.25) is 0 Å². The Morgan fingerprint density at radius 2 is 2.05 bits per heavy atom. The summed E-state index contributed by atoms with van der Waals surface area (Å²) in [4.78, 5) is 2.44. The molecule has 1 aliphatic heterocycles. The highest BCUT2D eigenvalue weighted by Gasteiger charge is 2.18. The summed E-state index contributed by atoms with van der Waals surface area (Å²) in [6.07, 6.45) is 2.36. The highest BCUT2D eigenvalue weighted by Crippen LogP contribution is 2.22. The van der Waals surface area contributed by atoms with Crippen molar-refractivity contribution in [2.45, 2.75) is 24.7 Å². The fourth-order valence-corrected chi connectivity index (χ4v) is 3.57. The van der Waals surface area contributed by atoms with E-state index in [0.717, 1.165) is 25.6 Å². The molecule has 1 heterocycles. The van der Waals surface area contributed by atoms with Crippen molar-refractivity contribution in [3.63, 3.8) is 0 Å². The summed E-state index contributed by atoms with van der Waals surface area (Å²) < 4.78 is 26.9. The number of hydrogen-bond donors (Lipinski definition) is 2. The first-order valence-corrected chi connectivity index (χ1v) is 9.01. The van der Waals surface area contributed by atoms with Crippen molar-refractivity contribution in [2.24, 2.45) is 5.92 Å². The summed E-state index contributed by atoms with van der Waals surface area (Å²) in [5, 5.41) is 0.358. The lowest BCUT2D eigenvalue weighted by Crippen LogP contribution is -2.39. The minimum absolute atomic E-state index is 0.150. The van der Waals surface area contributed by atoms with E-state index in [-0.39, 0.29) is 10.6 Å². The molecule has 0 amide bonds. The highest BCUT2D eigenvalue weighted by molar-refractivity contribution is 7.89. The molecule has 7 heteroatoms. The molecule has 0 atom stereocenters. The molecule has 118 valence electrons. The second-order valence-electron chi connectivity index (χ2n) is 5.61. The van der Waals surface area contributed by atoms with Crippen LogP contribution in [0.3, 0.4) is 0 Å². The third kappa shape index (κ3) is 4.57. The van der Waals surface area contributed by atoms with Crippen LogP contribution in [0.15, 0.2) is 23.1 Å². The highest BCUT2D eigenvalue weighted by atomic mass is 35.5. The summed E-state index contributed by atoms with van der Waals surface area (Å²) >= 11 is 5.80. The van der Waals surface area contributed by atoms with Gasteiger partial charge in [0.25, 0.3) is 0 Å². The van der Waals surface area contributed by atoms with E-state index in [4.69, 9.17) is 17.3 Å². The van der Waals surface area contributed by atoms with Gasteiger partial charge in [0, 0.05) is 13.1 Å². The van der Waals surface area contributed by atoms with Crippen LogP contribution in [-0.4, -0.2) is 39.5 Å². The number of halogens is 1. The molecule has 0 saturated carbocycles. The van der Waals surface area contributed by atoms with Crippen LogP contribution in [0.25, 0.3) is 0 Å². The number of nitrogens with one attached hydrogen (secondary N) is 1. The van der Waals surface area contributed by atoms with Crippen LogP contribution < -0.4 is 10.5 Å². The Morgan fingerprint density at radius 1 is 1.38 bits per heavy atom. The molecule has 0 radical (unpaired) electrons. The van der Waals surface area contributed by atoms with Crippen LogP contribution in [0.4, 0.5) is 5.69 Å². The van der Waals surface area contributed by atoms with Gasteiger partial charge in [-0.1, -0.05) is 18.5 Å². The average Bonchev–Trinajstić information content (AvgIpc) is 2.44. The predicted octanol–water partition coefficient (Wildman–Crippen LogP) is 1.93. The van der Waals surface area contributed by atoms with Crippen molar-refractivity contribution in [3.8, 4) is 0 Å². The first-order chi connectivity index (χ1) is 9.88.